The van der Waals surface area contributed by atoms with Crippen molar-refractivity contribution in [2.45, 2.75) is 6.42 Å². The standard InChI is InChI=1S/C17H12ClN3O2/c18-11-3-1-4-12(9-11)21-15-6-8-20(23)10-14(15)16(22)13-5-2-7-19-17(13)21/h1-5,7,9-10H,6,8H2. The molecule has 6 heteroatoms. The van der Waals surface area contributed by atoms with Crippen LogP contribution in [-0.2, 0) is 6.42 Å². The summed E-state index contributed by atoms with van der Waals surface area (Å²) in [6.45, 7) is 0.311. The molecule has 0 spiro atoms. The van der Waals surface area contributed by atoms with Crippen LogP contribution in [0.15, 0.2) is 47.4 Å². The maximum Gasteiger partial charge on any atom is 0.204 e. The van der Waals surface area contributed by atoms with Gasteiger partial charge in [0.05, 0.1) is 5.39 Å². The first-order chi connectivity index (χ1) is 11.1. The average Bonchev–Trinajstić information content (AvgIpc) is 2.56. The Hall–Kier alpha value is -2.66. The average molecular weight is 326 g/mol. The van der Waals surface area contributed by atoms with Gasteiger partial charge in [0.25, 0.3) is 0 Å². The third-order valence-electron chi connectivity index (χ3n) is 3.98. The minimum Gasteiger partial charge on any atom is -0.624 e. The van der Waals surface area contributed by atoms with Gasteiger partial charge in [-0.05, 0) is 30.3 Å². The van der Waals surface area contributed by atoms with Gasteiger partial charge in [-0.3, -0.25) is 9.36 Å². The van der Waals surface area contributed by atoms with Gasteiger partial charge in [0.2, 0.25) is 5.43 Å². The number of rotatable bonds is 1. The van der Waals surface area contributed by atoms with E-state index in [1.807, 2.05) is 22.8 Å². The number of aromatic nitrogens is 2. The summed E-state index contributed by atoms with van der Waals surface area (Å²) in [7, 11) is 0. The Labute approximate surface area is 136 Å². The fourth-order valence-electron chi connectivity index (χ4n) is 2.97. The first-order valence-corrected chi connectivity index (χ1v) is 7.60. The van der Waals surface area contributed by atoms with E-state index in [1.165, 1.54) is 6.21 Å². The van der Waals surface area contributed by atoms with E-state index < -0.39 is 0 Å². The van der Waals surface area contributed by atoms with Gasteiger partial charge in [-0.1, -0.05) is 17.7 Å². The van der Waals surface area contributed by atoms with Crippen molar-refractivity contribution in [3.63, 3.8) is 0 Å². The monoisotopic (exact) mass is 325 g/mol. The van der Waals surface area contributed by atoms with E-state index in [2.05, 4.69) is 4.98 Å². The summed E-state index contributed by atoms with van der Waals surface area (Å²) in [6, 6.07) is 10.8. The molecule has 0 aliphatic carbocycles. The van der Waals surface area contributed by atoms with Crippen LogP contribution in [0, 0.1) is 5.21 Å². The summed E-state index contributed by atoms with van der Waals surface area (Å²) in [4.78, 5) is 17.1. The number of hydrogen-bond acceptors (Lipinski definition) is 3. The minimum atomic E-state index is -0.165. The zero-order valence-corrected chi connectivity index (χ0v) is 12.8. The van der Waals surface area contributed by atoms with Crippen LogP contribution < -0.4 is 5.43 Å². The number of halogens is 1. The van der Waals surface area contributed by atoms with Gasteiger partial charge < -0.3 is 5.21 Å². The highest BCUT2D eigenvalue weighted by Gasteiger charge is 2.23. The molecule has 2 aromatic heterocycles. The Morgan fingerprint density at radius 2 is 2.13 bits per heavy atom. The molecule has 0 radical (unpaired) electrons. The lowest BCUT2D eigenvalue weighted by atomic mass is 10.0. The highest BCUT2D eigenvalue weighted by atomic mass is 35.5. The molecule has 5 nitrogen and oxygen atoms in total. The van der Waals surface area contributed by atoms with Gasteiger partial charge in [-0.2, -0.15) is 0 Å². The van der Waals surface area contributed by atoms with Crippen molar-refractivity contribution >= 4 is 28.8 Å². The molecule has 0 unspecified atom stereocenters. The van der Waals surface area contributed by atoms with E-state index >= 15 is 0 Å². The zero-order valence-electron chi connectivity index (χ0n) is 12.1. The largest absolute Gasteiger partial charge is 0.624 e. The van der Waals surface area contributed by atoms with Crippen LogP contribution in [0.1, 0.15) is 11.3 Å². The second kappa shape index (κ2) is 5.21. The predicted octanol–water partition coefficient (Wildman–Crippen LogP) is 2.52. The van der Waals surface area contributed by atoms with Crippen LogP contribution in [0.3, 0.4) is 0 Å². The molecular formula is C17H12ClN3O2. The molecule has 1 aliphatic heterocycles. The number of nitrogens with zero attached hydrogens (tertiary/aromatic N) is 3. The normalized spacial score (nSPS) is 13.7. The quantitative estimate of drug-likeness (QED) is 0.510. The fraction of sp³-hybridized carbons (Fsp3) is 0.118. The Morgan fingerprint density at radius 3 is 2.96 bits per heavy atom. The molecule has 3 heterocycles. The molecule has 114 valence electrons. The van der Waals surface area contributed by atoms with Crippen LogP contribution in [0.4, 0.5) is 0 Å². The van der Waals surface area contributed by atoms with E-state index in [0.29, 0.717) is 34.6 Å². The van der Waals surface area contributed by atoms with Crippen molar-refractivity contribution in [2.24, 2.45) is 0 Å². The topological polar surface area (TPSA) is 61.0 Å². The van der Waals surface area contributed by atoms with Crippen LogP contribution >= 0.6 is 11.6 Å². The van der Waals surface area contributed by atoms with Gasteiger partial charge in [-0.25, -0.2) is 9.72 Å². The molecule has 0 bridgehead atoms. The lowest BCUT2D eigenvalue weighted by molar-refractivity contribution is -0.453. The molecule has 0 saturated carbocycles. The number of fused-ring (bicyclic) bond motifs is 2. The lowest BCUT2D eigenvalue weighted by Gasteiger charge is -2.20. The number of hydrogen-bond donors (Lipinski definition) is 0. The van der Waals surface area contributed by atoms with E-state index in [-0.39, 0.29) is 5.43 Å². The summed E-state index contributed by atoms with van der Waals surface area (Å²) >= 11 is 6.12. The second-order valence-corrected chi connectivity index (χ2v) is 5.84. The van der Waals surface area contributed by atoms with Crippen molar-refractivity contribution in [1.82, 2.24) is 9.55 Å². The summed E-state index contributed by atoms with van der Waals surface area (Å²) in [6.07, 6.45) is 3.50. The molecule has 4 rings (SSSR count). The highest BCUT2D eigenvalue weighted by Crippen LogP contribution is 2.23. The van der Waals surface area contributed by atoms with Crippen LogP contribution in [0.2, 0.25) is 5.02 Å². The summed E-state index contributed by atoms with van der Waals surface area (Å²) in [5, 5.41) is 12.8. The van der Waals surface area contributed by atoms with Crippen LogP contribution in [0.5, 0.6) is 0 Å². The van der Waals surface area contributed by atoms with E-state index in [1.54, 1.807) is 24.4 Å². The number of benzene rings is 1. The van der Waals surface area contributed by atoms with Gasteiger partial charge >= 0.3 is 0 Å². The summed E-state index contributed by atoms with van der Waals surface area (Å²) < 4.78 is 2.72. The molecule has 23 heavy (non-hydrogen) atoms. The number of pyridine rings is 2. The molecule has 0 atom stereocenters. The zero-order chi connectivity index (χ0) is 16.0. The van der Waals surface area contributed by atoms with E-state index in [4.69, 9.17) is 11.6 Å². The Kier molecular flexibility index (Phi) is 3.16. The first-order valence-electron chi connectivity index (χ1n) is 7.22. The molecule has 1 aliphatic rings. The molecule has 1 aromatic carbocycles. The van der Waals surface area contributed by atoms with Gasteiger partial charge in [0.15, 0.2) is 12.8 Å². The lowest BCUT2D eigenvalue weighted by Crippen LogP contribution is -2.28. The van der Waals surface area contributed by atoms with Crippen molar-refractivity contribution in [2.75, 3.05) is 6.54 Å². The first kappa shape index (κ1) is 14.0. The Bertz CT molecular complexity index is 1020. The predicted molar refractivity (Wildman–Crippen MR) is 89.7 cm³/mol. The highest BCUT2D eigenvalue weighted by molar-refractivity contribution is 6.30. The van der Waals surface area contributed by atoms with E-state index in [9.17, 15) is 10.0 Å². The molecule has 0 N–H and O–H groups in total. The van der Waals surface area contributed by atoms with E-state index in [0.717, 1.165) is 16.1 Å². The maximum atomic E-state index is 12.7. The Balaban J connectivity index is 2.19. The number of hydroxylamine groups is 1. The van der Waals surface area contributed by atoms with Crippen molar-refractivity contribution in [3.05, 3.63) is 74.3 Å². The SMILES string of the molecule is O=c1c2c(n(-c3cccc(Cl)c3)c3ncccc13)CC[N+]([O-])=C2. The molecule has 3 aromatic rings. The van der Waals surface area contributed by atoms with Gasteiger partial charge in [0.1, 0.15) is 11.2 Å². The van der Waals surface area contributed by atoms with Crippen molar-refractivity contribution in [3.8, 4) is 5.69 Å². The molecule has 0 fully saturated rings. The van der Waals surface area contributed by atoms with Gasteiger partial charge in [0, 0.05) is 29.0 Å². The molecule has 0 saturated heterocycles. The van der Waals surface area contributed by atoms with Crippen molar-refractivity contribution < 1.29 is 4.74 Å². The van der Waals surface area contributed by atoms with Crippen molar-refractivity contribution in [1.29, 1.82) is 0 Å². The van der Waals surface area contributed by atoms with Crippen LogP contribution in [0.25, 0.3) is 16.7 Å². The molecular weight excluding hydrogens is 314 g/mol. The Morgan fingerprint density at radius 1 is 1.26 bits per heavy atom. The van der Waals surface area contributed by atoms with Crippen LogP contribution in [-0.4, -0.2) is 27.0 Å². The third kappa shape index (κ3) is 2.21. The third-order valence-corrected chi connectivity index (χ3v) is 4.21. The molecule has 0 amide bonds. The minimum absolute atomic E-state index is 0.165. The second-order valence-electron chi connectivity index (χ2n) is 5.40. The maximum absolute atomic E-state index is 12.7. The fourth-order valence-corrected chi connectivity index (χ4v) is 3.16. The van der Waals surface area contributed by atoms with Gasteiger partial charge in [-0.15, -0.1) is 0 Å². The summed E-state index contributed by atoms with van der Waals surface area (Å²) in [5.41, 5.74) is 2.45. The smallest absolute Gasteiger partial charge is 0.204 e. The summed E-state index contributed by atoms with van der Waals surface area (Å²) in [5.74, 6) is 0.